The van der Waals surface area contributed by atoms with E-state index in [2.05, 4.69) is 10.6 Å². The minimum Gasteiger partial charge on any atom is -0.496 e. The third-order valence-electron chi connectivity index (χ3n) is 4.19. The molecule has 5 nitrogen and oxygen atoms in total. The molecule has 122 valence electrons. The Kier molecular flexibility index (Phi) is 6.07. The van der Waals surface area contributed by atoms with Gasteiger partial charge < -0.3 is 20.5 Å². The van der Waals surface area contributed by atoms with Gasteiger partial charge in [0.1, 0.15) is 5.75 Å². The van der Waals surface area contributed by atoms with Gasteiger partial charge >= 0.3 is 6.03 Å². The monoisotopic (exact) mass is 306 g/mol. The van der Waals surface area contributed by atoms with Crippen LogP contribution in [-0.4, -0.2) is 30.9 Å². The Balaban J connectivity index is 1.75. The summed E-state index contributed by atoms with van der Waals surface area (Å²) in [6.07, 6.45) is 3.57. The number of rotatable bonds is 5. The van der Waals surface area contributed by atoms with E-state index in [4.69, 9.17) is 4.74 Å². The highest BCUT2D eigenvalue weighted by Gasteiger charge is 2.20. The van der Waals surface area contributed by atoms with Crippen LogP contribution >= 0.6 is 0 Å². The molecule has 0 bridgehead atoms. The normalized spacial score (nSPS) is 21.2. The van der Waals surface area contributed by atoms with E-state index in [1.165, 1.54) is 0 Å². The van der Waals surface area contributed by atoms with Crippen LogP contribution in [0.2, 0.25) is 0 Å². The van der Waals surface area contributed by atoms with E-state index >= 15 is 0 Å². The number of methoxy groups -OCH3 is 1. The van der Waals surface area contributed by atoms with Gasteiger partial charge in [-0.3, -0.25) is 0 Å². The predicted octanol–water partition coefficient (Wildman–Crippen LogP) is 2.35. The second kappa shape index (κ2) is 8.03. The topological polar surface area (TPSA) is 70.6 Å². The van der Waals surface area contributed by atoms with Gasteiger partial charge in [-0.05, 0) is 43.7 Å². The molecule has 1 aliphatic rings. The van der Waals surface area contributed by atoms with Crippen LogP contribution in [0.4, 0.5) is 4.79 Å². The van der Waals surface area contributed by atoms with Gasteiger partial charge in [0.25, 0.3) is 0 Å². The zero-order valence-corrected chi connectivity index (χ0v) is 13.4. The molecule has 0 radical (unpaired) electrons. The molecule has 0 saturated heterocycles. The molecule has 2 amide bonds. The van der Waals surface area contributed by atoms with E-state index in [0.717, 1.165) is 42.6 Å². The van der Waals surface area contributed by atoms with Gasteiger partial charge in [0.15, 0.2) is 0 Å². The molecular formula is C17H26N2O3. The summed E-state index contributed by atoms with van der Waals surface area (Å²) < 4.78 is 5.33. The fraction of sp³-hybridized carbons (Fsp3) is 0.588. The summed E-state index contributed by atoms with van der Waals surface area (Å²) in [5.41, 5.74) is 2.08. The van der Waals surface area contributed by atoms with Crippen LogP contribution in [0.1, 0.15) is 36.8 Å². The van der Waals surface area contributed by atoms with E-state index in [1.54, 1.807) is 7.11 Å². The van der Waals surface area contributed by atoms with Crippen LogP contribution in [0.5, 0.6) is 5.75 Å². The van der Waals surface area contributed by atoms with Gasteiger partial charge in [-0.15, -0.1) is 0 Å². The molecule has 0 aromatic heterocycles. The molecule has 1 aliphatic carbocycles. The number of hydrogen-bond acceptors (Lipinski definition) is 3. The summed E-state index contributed by atoms with van der Waals surface area (Å²) in [5.74, 6) is 1.17. The molecule has 2 unspecified atom stereocenters. The zero-order chi connectivity index (χ0) is 15.9. The van der Waals surface area contributed by atoms with Crippen molar-refractivity contribution < 1.29 is 14.6 Å². The minimum atomic E-state index is -0.208. The second-order valence-electron chi connectivity index (χ2n) is 6.07. The molecule has 22 heavy (non-hydrogen) atoms. The third-order valence-corrected chi connectivity index (χ3v) is 4.19. The highest BCUT2D eigenvalue weighted by molar-refractivity contribution is 5.73. The van der Waals surface area contributed by atoms with Gasteiger partial charge in [-0.25, -0.2) is 4.79 Å². The number of aryl methyl sites for hydroxylation is 1. The Morgan fingerprint density at radius 3 is 2.91 bits per heavy atom. The van der Waals surface area contributed by atoms with Crippen molar-refractivity contribution in [1.82, 2.24) is 10.6 Å². The lowest BCUT2D eigenvalue weighted by Gasteiger charge is -2.25. The molecule has 1 fully saturated rings. The van der Waals surface area contributed by atoms with E-state index in [0.29, 0.717) is 19.0 Å². The largest absolute Gasteiger partial charge is 0.496 e. The van der Waals surface area contributed by atoms with Crippen molar-refractivity contribution in [3.8, 4) is 5.75 Å². The first-order valence-electron chi connectivity index (χ1n) is 7.91. The first kappa shape index (κ1) is 16.6. The highest BCUT2D eigenvalue weighted by atomic mass is 16.5. The van der Waals surface area contributed by atoms with Crippen molar-refractivity contribution in [3.63, 3.8) is 0 Å². The molecule has 1 saturated carbocycles. The van der Waals surface area contributed by atoms with Crippen molar-refractivity contribution in [2.45, 2.75) is 45.3 Å². The molecule has 3 N–H and O–H groups in total. The van der Waals surface area contributed by atoms with Gasteiger partial charge in [-0.2, -0.15) is 0 Å². The molecule has 5 heteroatoms. The summed E-state index contributed by atoms with van der Waals surface area (Å²) in [4.78, 5) is 11.9. The maximum absolute atomic E-state index is 11.9. The summed E-state index contributed by atoms with van der Waals surface area (Å²) >= 11 is 0. The van der Waals surface area contributed by atoms with Crippen LogP contribution in [0.3, 0.4) is 0 Å². The number of aliphatic hydroxyl groups is 1. The van der Waals surface area contributed by atoms with Crippen LogP contribution < -0.4 is 15.4 Å². The standard InChI is InChI=1S/C17H26N2O3/c1-12-6-7-14(16(8-12)22-2)11-19-17(21)18-10-13-4-3-5-15(20)9-13/h6-8,13,15,20H,3-5,9-11H2,1-2H3,(H2,18,19,21). The smallest absolute Gasteiger partial charge is 0.315 e. The Bertz CT molecular complexity index is 505. The fourth-order valence-electron chi connectivity index (χ4n) is 2.92. The second-order valence-corrected chi connectivity index (χ2v) is 6.07. The Morgan fingerprint density at radius 1 is 1.36 bits per heavy atom. The first-order chi connectivity index (χ1) is 10.6. The minimum absolute atomic E-state index is 0.178. The number of amides is 2. The van der Waals surface area contributed by atoms with Crippen molar-refractivity contribution in [2.24, 2.45) is 5.92 Å². The summed E-state index contributed by atoms with van der Waals surface area (Å²) in [6, 6.07) is 5.74. The van der Waals surface area contributed by atoms with E-state index < -0.39 is 0 Å². The van der Waals surface area contributed by atoms with Crippen molar-refractivity contribution in [1.29, 1.82) is 0 Å². The van der Waals surface area contributed by atoms with Crippen LogP contribution in [-0.2, 0) is 6.54 Å². The Morgan fingerprint density at radius 2 is 2.18 bits per heavy atom. The fourth-order valence-corrected chi connectivity index (χ4v) is 2.92. The summed E-state index contributed by atoms with van der Waals surface area (Å²) in [5, 5.41) is 15.4. The number of benzene rings is 1. The predicted molar refractivity (Wildman–Crippen MR) is 85.9 cm³/mol. The molecule has 0 heterocycles. The molecule has 1 aromatic carbocycles. The quantitative estimate of drug-likeness (QED) is 0.782. The Labute approximate surface area is 132 Å². The first-order valence-corrected chi connectivity index (χ1v) is 7.91. The summed E-state index contributed by atoms with van der Waals surface area (Å²) in [7, 11) is 1.63. The third kappa shape index (κ3) is 4.91. The lowest BCUT2D eigenvalue weighted by Crippen LogP contribution is -2.39. The number of nitrogens with one attached hydrogen (secondary N) is 2. The van der Waals surface area contributed by atoms with Crippen molar-refractivity contribution in [2.75, 3.05) is 13.7 Å². The SMILES string of the molecule is COc1cc(C)ccc1CNC(=O)NCC1CCCC(O)C1. The average molecular weight is 306 g/mol. The van der Waals surface area contributed by atoms with Crippen LogP contribution in [0, 0.1) is 12.8 Å². The number of aliphatic hydroxyl groups excluding tert-OH is 1. The average Bonchev–Trinajstić information content (AvgIpc) is 2.51. The number of hydrogen-bond donors (Lipinski definition) is 3. The van der Waals surface area contributed by atoms with E-state index in [-0.39, 0.29) is 12.1 Å². The number of carbonyl (C=O) groups excluding carboxylic acids is 1. The van der Waals surface area contributed by atoms with Gasteiger partial charge in [0.05, 0.1) is 13.2 Å². The maximum atomic E-state index is 11.9. The molecule has 1 aromatic rings. The molecule has 2 rings (SSSR count). The highest BCUT2D eigenvalue weighted by Crippen LogP contribution is 2.23. The maximum Gasteiger partial charge on any atom is 0.315 e. The lowest BCUT2D eigenvalue weighted by atomic mass is 9.87. The Hall–Kier alpha value is -1.75. The van der Waals surface area contributed by atoms with E-state index in [1.807, 2.05) is 25.1 Å². The lowest BCUT2D eigenvalue weighted by molar-refractivity contribution is 0.101. The molecule has 2 atom stereocenters. The molecular weight excluding hydrogens is 280 g/mol. The van der Waals surface area contributed by atoms with Crippen molar-refractivity contribution in [3.05, 3.63) is 29.3 Å². The zero-order valence-electron chi connectivity index (χ0n) is 13.4. The molecule has 0 aliphatic heterocycles. The van der Waals surface area contributed by atoms with Gasteiger partial charge in [-0.1, -0.05) is 18.6 Å². The van der Waals surface area contributed by atoms with Gasteiger partial charge in [0.2, 0.25) is 0 Å². The van der Waals surface area contributed by atoms with Crippen LogP contribution in [0.15, 0.2) is 18.2 Å². The number of carbonyl (C=O) groups is 1. The van der Waals surface area contributed by atoms with Crippen LogP contribution in [0.25, 0.3) is 0 Å². The molecule has 0 spiro atoms. The number of urea groups is 1. The van der Waals surface area contributed by atoms with E-state index in [9.17, 15) is 9.90 Å². The van der Waals surface area contributed by atoms with Crippen molar-refractivity contribution >= 4 is 6.03 Å². The van der Waals surface area contributed by atoms with Gasteiger partial charge in [0, 0.05) is 18.7 Å². The number of ether oxygens (including phenoxy) is 1. The summed E-state index contributed by atoms with van der Waals surface area (Å²) in [6.45, 7) is 3.06.